The van der Waals surface area contributed by atoms with E-state index >= 15 is 0 Å². The van der Waals surface area contributed by atoms with Crippen LogP contribution < -0.4 is 5.73 Å². The predicted molar refractivity (Wildman–Crippen MR) is 52.6 cm³/mol. The maximum absolute atomic E-state index is 6.13. The lowest BCUT2D eigenvalue weighted by atomic mass is 9.89. The molecule has 0 radical (unpaired) electrons. The Labute approximate surface area is 80.2 Å². The van der Waals surface area contributed by atoms with Crippen LogP contribution in [0, 0.1) is 0 Å². The maximum Gasteiger partial charge on any atom is 0.0594 e. The van der Waals surface area contributed by atoms with Crippen molar-refractivity contribution in [1.29, 1.82) is 0 Å². The first-order valence-corrected chi connectivity index (χ1v) is 5.45. The van der Waals surface area contributed by atoms with Crippen molar-refractivity contribution in [2.75, 3.05) is 26.3 Å². The van der Waals surface area contributed by atoms with Gasteiger partial charge in [0.05, 0.1) is 13.2 Å². The van der Waals surface area contributed by atoms with Gasteiger partial charge in [-0.15, -0.1) is 0 Å². The average Bonchev–Trinajstić information content (AvgIpc) is 2.20. The van der Waals surface area contributed by atoms with Gasteiger partial charge in [0.2, 0.25) is 0 Å². The van der Waals surface area contributed by atoms with Gasteiger partial charge < -0.3 is 10.5 Å². The second-order valence-corrected chi connectivity index (χ2v) is 4.16. The maximum atomic E-state index is 6.13. The van der Waals surface area contributed by atoms with Crippen LogP contribution in [-0.4, -0.2) is 43.3 Å². The first-order valence-electron chi connectivity index (χ1n) is 5.45. The molecule has 2 rings (SSSR count). The molecule has 76 valence electrons. The van der Waals surface area contributed by atoms with Gasteiger partial charge in [-0.2, -0.15) is 0 Å². The van der Waals surface area contributed by atoms with Crippen molar-refractivity contribution < 1.29 is 4.74 Å². The molecule has 1 saturated carbocycles. The summed E-state index contributed by atoms with van der Waals surface area (Å²) in [6.07, 6.45) is 5.18. The molecule has 1 heterocycles. The Morgan fingerprint density at radius 1 is 1.08 bits per heavy atom. The molecule has 1 aliphatic carbocycles. The molecule has 13 heavy (non-hydrogen) atoms. The van der Waals surface area contributed by atoms with Crippen LogP contribution in [0.1, 0.15) is 25.7 Å². The number of rotatable bonds is 1. The monoisotopic (exact) mass is 184 g/mol. The number of nitrogens with two attached hydrogens (primary N) is 1. The highest BCUT2D eigenvalue weighted by Gasteiger charge is 2.28. The summed E-state index contributed by atoms with van der Waals surface area (Å²) in [6.45, 7) is 3.95. The number of hydrogen-bond acceptors (Lipinski definition) is 3. The minimum Gasteiger partial charge on any atom is -0.379 e. The first-order chi connectivity index (χ1) is 6.38. The lowest BCUT2D eigenvalue weighted by Gasteiger charge is -2.40. The molecule has 1 saturated heterocycles. The normalized spacial score (nSPS) is 37.6. The van der Waals surface area contributed by atoms with Gasteiger partial charge in [-0.1, -0.05) is 12.8 Å². The Hall–Kier alpha value is -0.120. The molecule has 2 atom stereocenters. The van der Waals surface area contributed by atoms with E-state index in [4.69, 9.17) is 10.5 Å². The molecule has 3 nitrogen and oxygen atoms in total. The fraction of sp³-hybridized carbons (Fsp3) is 1.00. The largest absolute Gasteiger partial charge is 0.379 e. The number of nitrogens with zero attached hydrogens (tertiary/aromatic N) is 1. The summed E-state index contributed by atoms with van der Waals surface area (Å²) in [5.74, 6) is 0. The van der Waals surface area contributed by atoms with E-state index in [9.17, 15) is 0 Å². The van der Waals surface area contributed by atoms with Crippen molar-refractivity contribution in [2.45, 2.75) is 37.8 Å². The van der Waals surface area contributed by atoms with Gasteiger partial charge in [0.25, 0.3) is 0 Å². The summed E-state index contributed by atoms with van der Waals surface area (Å²) in [7, 11) is 0. The first kappa shape index (κ1) is 9.44. The molecule has 0 aromatic rings. The second-order valence-electron chi connectivity index (χ2n) is 4.16. The van der Waals surface area contributed by atoms with Crippen molar-refractivity contribution >= 4 is 0 Å². The Morgan fingerprint density at radius 3 is 2.46 bits per heavy atom. The predicted octanol–water partition coefficient (Wildman–Crippen LogP) is 0.588. The molecular formula is C10H20N2O. The minimum absolute atomic E-state index is 0.409. The van der Waals surface area contributed by atoms with E-state index in [1.165, 1.54) is 25.7 Å². The van der Waals surface area contributed by atoms with Crippen LogP contribution >= 0.6 is 0 Å². The third kappa shape index (κ3) is 2.22. The van der Waals surface area contributed by atoms with E-state index < -0.39 is 0 Å². The molecule has 0 bridgehead atoms. The molecule has 0 aromatic heterocycles. The minimum atomic E-state index is 0.409. The summed E-state index contributed by atoms with van der Waals surface area (Å²) in [4.78, 5) is 2.52. The Morgan fingerprint density at radius 2 is 1.77 bits per heavy atom. The standard InChI is InChI=1S/C10H20N2O/c11-9-3-1-2-4-10(9)12-5-7-13-8-6-12/h9-10H,1-8,11H2/t9-,10-/m0/s1. The molecule has 3 heteroatoms. The molecular weight excluding hydrogens is 164 g/mol. The zero-order valence-electron chi connectivity index (χ0n) is 8.24. The number of ether oxygens (including phenoxy) is 1. The van der Waals surface area contributed by atoms with Crippen LogP contribution in [-0.2, 0) is 4.74 Å². The highest BCUT2D eigenvalue weighted by atomic mass is 16.5. The number of hydrogen-bond donors (Lipinski definition) is 1. The van der Waals surface area contributed by atoms with Crippen molar-refractivity contribution in [3.05, 3.63) is 0 Å². The molecule has 0 unspecified atom stereocenters. The SMILES string of the molecule is N[C@H]1CCCC[C@@H]1N1CCOCC1. The van der Waals surface area contributed by atoms with E-state index in [2.05, 4.69) is 4.90 Å². The van der Waals surface area contributed by atoms with Crippen LogP contribution in [0.25, 0.3) is 0 Å². The summed E-state index contributed by atoms with van der Waals surface area (Å²) < 4.78 is 5.34. The highest BCUT2D eigenvalue weighted by Crippen LogP contribution is 2.22. The third-order valence-corrected chi connectivity index (χ3v) is 3.30. The van der Waals surface area contributed by atoms with Crippen molar-refractivity contribution in [3.8, 4) is 0 Å². The van der Waals surface area contributed by atoms with Gasteiger partial charge in [-0.25, -0.2) is 0 Å². The highest BCUT2D eigenvalue weighted by molar-refractivity contribution is 4.86. The fourth-order valence-electron chi connectivity index (χ4n) is 2.50. The lowest BCUT2D eigenvalue weighted by Crippen LogP contribution is -2.53. The fourth-order valence-corrected chi connectivity index (χ4v) is 2.50. The van der Waals surface area contributed by atoms with Gasteiger partial charge in [-0.05, 0) is 12.8 Å². The van der Waals surface area contributed by atoms with E-state index in [1.54, 1.807) is 0 Å². The second kappa shape index (κ2) is 4.40. The van der Waals surface area contributed by atoms with Crippen LogP contribution in [0.5, 0.6) is 0 Å². The van der Waals surface area contributed by atoms with Gasteiger partial charge in [0.15, 0.2) is 0 Å². The smallest absolute Gasteiger partial charge is 0.0594 e. The van der Waals surface area contributed by atoms with Gasteiger partial charge in [0.1, 0.15) is 0 Å². The van der Waals surface area contributed by atoms with E-state index in [1.807, 2.05) is 0 Å². The molecule has 2 N–H and O–H groups in total. The van der Waals surface area contributed by atoms with Gasteiger partial charge >= 0.3 is 0 Å². The summed E-state index contributed by atoms with van der Waals surface area (Å²) in [6, 6.07) is 1.05. The zero-order valence-corrected chi connectivity index (χ0v) is 8.24. The topological polar surface area (TPSA) is 38.5 Å². The van der Waals surface area contributed by atoms with E-state index in [0.29, 0.717) is 12.1 Å². The van der Waals surface area contributed by atoms with Crippen molar-refractivity contribution in [2.24, 2.45) is 5.73 Å². The summed E-state index contributed by atoms with van der Waals surface area (Å²) in [5, 5.41) is 0. The molecule has 1 aliphatic heterocycles. The number of morpholine rings is 1. The average molecular weight is 184 g/mol. The summed E-state index contributed by atoms with van der Waals surface area (Å²) >= 11 is 0. The van der Waals surface area contributed by atoms with Crippen LogP contribution in [0.4, 0.5) is 0 Å². The van der Waals surface area contributed by atoms with Crippen LogP contribution in [0.15, 0.2) is 0 Å². The van der Waals surface area contributed by atoms with Gasteiger partial charge in [0, 0.05) is 25.2 Å². The lowest BCUT2D eigenvalue weighted by molar-refractivity contribution is 0.00373. The van der Waals surface area contributed by atoms with Crippen LogP contribution in [0.3, 0.4) is 0 Å². The molecule has 0 amide bonds. The van der Waals surface area contributed by atoms with Crippen molar-refractivity contribution in [1.82, 2.24) is 4.90 Å². The quantitative estimate of drug-likeness (QED) is 0.648. The zero-order chi connectivity index (χ0) is 9.10. The Balaban J connectivity index is 1.88. The molecule has 2 fully saturated rings. The van der Waals surface area contributed by atoms with Crippen molar-refractivity contribution in [3.63, 3.8) is 0 Å². The molecule has 0 spiro atoms. The molecule has 0 aromatic carbocycles. The van der Waals surface area contributed by atoms with E-state index in [-0.39, 0.29) is 0 Å². The molecule has 2 aliphatic rings. The van der Waals surface area contributed by atoms with E-state index in [0.717, 1.165) is 26.3 Å². The Kier molecular flexibility index (Phi) is 3.19. The Bertz CT molecular complexity index is 157. The third-order valence-electron chi connectivity index (χ3n) is 3.30. The van der Waals surface area contributed by atoms with Crippen LogP contribution in [0.2, 0.25) is 0 Å². The van der Waals surface area contributed by atoms with Gasteiger partial charge in [-0.3, -0.25) is 4.90 Å². The summed E-state index contributed by atoms with van der Waals surface area (Å²) in [5.41, 5.74) is 6.13.